The lowest BCUT2D eigenvalue weighted by atomic mass is 9.76. The minimum Gasteiger partial charge on any atom is -0.483 e. The van der Waals surface area contributed by atoms with Gasteiger partial charge in [0.1, 0.15) is 5.75 Å². The monoisotopic (exact) mass is 358 g/mol. The van der Waals surface area contributed by atoms with Gasteiger partial charge < -0.3 is 14.5 Å². The van der Waals surface area contributed by atoms with E-state index in [0.29, 0.717) is 0 Å². The average molecular weight is 358 g/mol. The van der Waals surface area contributed by atoms with E-state index in [0.717, 1.165) is 55.6 Å². The molecule has 2 atom stereocenters. The third kappa shape index (κ3) is 3.31. The van der Waals surface area contributed by atoms with E-state index in [1.807, 2.05) is 41.8 Å². The molecular weight excluding hydrogens is 328 g/mol. The van der Waals surface area contributed by atoms with E-state index < -0.39 is 0 Å². The molecule has 3 rings (SSSR count). The van der Waals surface area contributed by atoms with Crippen molar-refractivity contribution in [3.63, 3.8) is 0 Å². The van der Waals surface area contributed by atoms with Crippen LogP contribution in [0.25, 0.3) is 0 Å². The third-order valence-corrected chi connectivity index (χ3v) is 6.10. The number of fused-ring (bicyclic) bond motifs is 1. The lowest BCUT2D eigenvalue weighted by Gasteiger charge is -2.56. The van der Waals surface area contributed by atoms with E-state index in [2.05, 4.69) is 6.92 Å². The first-order valence-corrected chi connectivity index (χ1v) is 9.61. The molecule has 0 aliphatic carbocycles. The predicted molar refractivity (Wildman–Crippen MR) is 101 cm³/mol. The lowest BCUT2D eigenvalue weighted by Crippen LogP contribution is -2.68. The fourth-order valence-electron chi connectivity index (χ4n) is 4.80. The Morgan fingerprint density at radius 3 is 2.54 bits per heavy atom. The molecule has 0 aromatic heterocycles. The molecule has 0 spiro atoms. The maximum Gasteiger partial charge on any atom is 0.260 e. The molecule has 0 bridgehead atoms. The Morgan fingerprint density at radius 1 is 1.19 bits per heavy atom. The minimum atomic E-state index is -0.253. The summed E-state index contributed by atoms with van der Waals surface area (Å²) in [7, 11) is 0. The van der Waals surface area contributed by atoms with Crippen LogP contribution in [0, 0.1) is 13.8 Å². The van der Waals surface area contributed by atoms with Gasteiger partial charge in [-0.25, -0.2) is 0 Å². The van der Waals surface area contributed by atoms with Crippen LogP contribution in [0.3, 0.4) is 0 Å². The minimum absolute atomic E-state index is 0.0222. The Labute approximate surface area is 156 Å². The summed E-state index contributed by atoms with van der Waals surface area (Å²) >= 11 is 0. The molecule has 2 heterocycles. The summed E-state index contributed by atoms with van der Waals surface area (Å²) in [4.78, 5) is 29.0. The fraction of sp³-hybridized carbons (Fsp3) is 0.619. The molecule has 2 amide bonds. The van der Waals surface area contributed by atoms with Gasteiger partial charge in [-0.1, -0.05) is 18.2 Å². The largest absolute Gasteiger partial charge is 0.483 e. The number of para-hydroxylation sites is 1. The van der Waals surface area contributed by atoms with Crippen LogP contribution in [-0.2, 0) is 9.59 Å². The van der Waals surface area contributed by atoms with Crippen LogP contribution >= 0.6 is 0 Å². The van der Waals surface area contributed by atoms with E-state index in [4.69, 9.17) is 4.74 Å². The van der Waals surface area contributed by atoms with Gasteiger partial charge >= 0.3 is 0 Å². The van der Waals surface area contributed by atoms with Crippen molar-refractivity contribution in [3.8, 4) is 5.75 Å². The van der Waals surface area contributed by atoms with Gasteiger partial charge in [-0.2, -0.15) is 0 Å². The Balaban J connectivity index is 1.74. The Bertz CT molecular complexity index is 682. The molecule has 142 valence electrons. The Morgan fingerprint density at radius 2 is 1.88 bits per heavy atom. The van der Waals surface area contributed by atoms with Gasteiger partial charge in [0.25, 0.3) is 5.91 Å². The van der Waals surface area contributed by atoms with E-state index >= 15 is 0 Å². The quantitative estimate of drug-likeness (QED) is 0.834. The van der Waals surface area contributed by atoms with Gasteiger partial charge in [-0.05, 0) is 57.6 Å². The van der Waals surface area contributed by atoms with E-state index in [1.54, 1.807) is 6.92 Å². The second-order valence-electron chi connectivity index (χ2n) is 7.89. The second kappa shape index (κ2) is 7.29. The molecule has 1 aromatic carbocycles. The maximum absolute atomic E-state index is 13.0. The zero-order chi connectivity index (χ0) is 18.9. The van der Waals surface area contributed by atoms with Crippen LogP contribution in [-0.4, -0.2) is 52.9 Å². The summed E-state index contributed by atoms with van der Waals surface area (Å²) in [5.74, 6) is 0.932. The number of ether oxygens (including phenoxy) is 1. The van der Waals surface area contributed by atoms with Crippen LogP contribution in [0.15, 0.2) is 18.2 Å². The number of hydrogen-bond acceptors (Lipinski definition) is 3. The number of carbonyl (C=O) groups excluding carboxylic acids is 2. The van der Waals surface area contributed by atoms with Crippen molar-refractivity contribution in [2.24, 2.45) is 0 Å². The molecule has 1 aromatic rings. The van der Waals surface area contributed by atoms with E-state index in [9.17, 15) is 9.59 Å². The highest BCUT2D eigenvalue weighted by Gasteiger charge is 2.49. The SMILES string of the molecule is CC(=O)N1CCC[C@H]2N(C(=O)COc3c(C)cccc3C)CCC[C@@]21C. The molecule has 0 saturated carbocycles. The molecule has 5 heteroatoms. The third-order valence-electron chi connectivity index (χ3n) is 6.10. The summed E-state index contributed by atoms with van der Waals surface area (Å²) in [6, 6.07) is 6.07. The molecular formula is C21H30N2O3. The predicted octanol–water partition coefficient (Wildman–Crippen LogP) is 3.07. The smallest absolute Gasteiger partial charge is 0.260 e. The zero-order valence-corrected chi connectivity index (χ0v) is 16.4. The molecule has 2 saturated heterocycles. The number of likely N-dealkylation sites (tertiary alicyclic amines) is 2. The highest BCUT2D eigenvalue weighted by atomic mass is 16.5. The molecule has 2 aliphatic rings. The van der Waals surface area contributed by atoms with Crippen LogP contribution in [0.4, 0.5) is 0 Å². The van der Waals surface area contributed by atoms with Crippen LogP contribution < -0.4 is 4.74 Å². The van der Waals surface area contributed by atoms with Crippen molar-refractivity contribution in [1.82, 2.24) is 9.80 Å². The number of rotatable bonds is 3. The first-order valence-electron chi connectivity index (χ1n) is 9.61. The van der Waals surface area contributed by atoms with Crippen molar-refractivity contribution < 1.29 is 14.3 Å². The molecule has 2 aliphatic heterocycles. The van der Waals surface area contributed by atoms with Gasteiger partial charge in [-0.3, -0.25) is 9.59 Å². The highest BCUT2D eigenvalue weighted by molar-refractivity contribution is 5.79. The highest BCUT2D eigenvalue weighted by Crippen LogP contribution is 2.39. The number of hydrogen-bond donors (Lipinski definition) is 0. The number of carbonyl (C=O) groups is 2. The summed E-state index contributed by atoms with van der Waals surface area (Å²) in [5, 5.41) is 0. The van der Waals surface area contributed by atoms with Gasteiger partial charge in [0.05, 0.1) is 11.6 Å². The zero-order valence-electron chi connectivity index (χ0n) is 16.4. The van der Waals surface area contributed by atoms with Gasteiger partial charge in [-0.15, -0.1) is 0 Å². The van der Waals surface area contributed by atoms with E-state index in [-0.39, 0.29) is 30.0 Å². The van der Waals surface area contributed by atoms with Crippen LogP contribution in [0.1, 0.15) is 50.7 Å². The van der Waals surface area contributed by atoms with Gasteiger partial charge in [0.2, 0.25) is 5.91 Å². The number of amides is 2. The molecule has 5 nitrogen and oxygen atoms in total. The topological polar surface area (TPSA) is 49.9 Å². The van der Waals surface area contributed by atoms with Crippen LogP contribution in [0.2, 0.25) is 0 Å². The van der Waals surface area contributed by atoms with Crippen LogP contribution in [0.5, 0.6) is 5.75 Å². The summed E-state index contributed by atoms with van der Waals surface area (Å²) < 4.78 is 5.90. The number of nitrogens with zero attached hydrogens (tertiary/aromatic N) is 2. The maximum atomic E-state index is 13.0. The molecule has 0 radical (unpaired) electrons. The average Bonchev–Trinajstić information content (AvgIpc) is 2.59. The van der Waals surface area contributed by atoms with Crippen molar-refractivity contribution in [2.45, 2.75) is 65.0 Å². The first kappa shape index (κ1) is 18.7. The van der Waals surface area contributed by atoms with Gasteiger partial charge in [0.15, 0.2) is 6.61 Å². The number of aryl methyl sites for hydroxylation is 2. The van der Waals surface area contributed by atoms with Gasteiger partial charge in [0, 0.05) is 20.0 Å². The normalized spacial score (nSPS) is 25.6. The molecule has 0 N–H and O–H groups in total. The fourth-order valence-corrected chi connectivity index (χ4v) is 4.80. The summed E-state index contributed by atoms with van der Waals surface area (Å²) in [6.45, 7) is 9.37. The second-order valence-corrected chi connectivity index (χ2v) is 7.89. The lowest BCUT2D eigenvalue weighted by molar-refractivity contribution is -0.155. The van der Waals surface area contributed by atoms with Crippen molar-refractivity contribution in [3.05, 3.63) is 29.3 Å². The van der Waals surface area contributed by atoms with Crippen molar-refractivity contribution in [2.75, 3.05) is 19.7 Å². The van der Waals surface area contributed by atoms with Crippen molar-refractivity contribution >= 4 is 11.8 Å². The number of benzene rings is 1. The first-order chi connectivity index (χ1) is 12.3. The van der Waals surface area contributed by atoms with Crippen molar-refractivity contribution in [1.29, 1.82) is 0 Å². The molecule has 2 fully saturated rings. The number of piperidine rings is 2. The Kier molecular flexibility index (Phi) is 5.26. The summed E-state index contributed by atoms with van der Waals surface area (Å²) in [5.41, 5.74) is 1.83. The summed E-state index contributed by atoms with van der Waals surface area (Å²) in [6.07, 6.45) is 3.78. The standard InChI is InChI=1S/C21H30N2O3/c1-15-8-5-9-16(2)20(15)26-14-19(25)22-12-7-11-21(4)18(22)10-6-13-23(21)17(3)24/h5,8-9,18H,6-7,10-14H2,1-4H3/t18-,21+/m1/s1. The van der Waals surface area contributed by atoms with E-state index in [1.165, 1.54) is 0 Å². The Hall–Kier alpha value is -2.04. The molecule has 0 unspecified atom stereocenters. The molecule has 26 heavy (non-hydrogen) atoms.